The van der Waals surface area contributed by atoms with E-state index in [0.29, 0.717) is 10.7 Å². The lowest BCUT2D eigenvalue weighted by Crippen LogP contribution is -2.13. The minimum Gasteiger partial charge on any atom is -0.296 e. The fourth-order valence-corrected chi connectivity index (χ4v) is 3.46. The van der Waals surface area contributed by atoms with Crippen LogP contribution in [0.15, 0.2) is 54.6 Å². The minimum absolute atomic E-state index is 0.213. The number of nitrogens with zero attached hydrogens (tertiary/aromatic N) is 3. The Morgan fingerprint density at radius 2 is 1.77 bits per heavy atom. The Morgan fingerprint density at radius 1 is 1.00 bits per heavy atom. The Kier molecular flexibility index (Phi) is 4.18. The lowest BCUT2D eigenvalue weighted by atomic mass is 10.0. The van der Waals surface area contributed by atoms with Gasteiger partial charge in [0.05, 0.1) is 16.8 Å². The van der Waals surface area contributed by atoms with Crippen molar-refractivity contribution in [3.8, 4) is 11.3 Å². The highest BCUT2D eigenvalue weighted by atomic mass is 32.1. The van der Waals surface area contributed by atoms with Crippen LogP contribution >= 0.6 is 11.3 Å². The molecule has 6 heteroatoms. The van der Waals surface area contributed by atoms with Gasteiger partial charge in [-0.2, -0.15) is 0 Å². The Balaban J connectivity index is 1.84. The number of benzene rings is 2. The molecule has 26 heavy (non-hydrogen) atoms. The first-order valence-electron chi connectivity index (χ1n) is 8.19. The normalized spacial score (nSPS) is 10.8. The van der Waals surface area contributed by atoms with Crippen molar-refractivity contribution in [1.82, 2.24) is 15.2 Å². The molecule has 0 fully saturated rings. The van der Waals surface area contributed by atoms with Gasteiger partial charge >= 0.3 is 0 Å². The SMILES string of the molecule is Cc1nnc(NC(=O)c2cc(-c3ccccc3C)nc3ccccc23)s1. The summed E-state index contributed by atoms with van der Waals surface area (Å²) in [5, 5.41) is 12.9. The number of pyridine rings is 1. The van der Waals surface area contributed by atoms with E-state index in [1.807, 2.05) is 68.4 Å². The average Bonchev–Trinajstić information content (AvgIpc) is 3.06. The smallest absolute Gasteiger partial charge is 0.258 e. The predicted molar refractivity (Wildman–Crippen MR) is 105 cm³/mol. The molecule has 0 unspecified atom stereocenters. The molecule has 1 amide bonds. The van der Waals surface area contributed by atoms with Crippen LogP contribution in [0.5, 0.6) is 0 Å². The first kappa shape index (κ1) is 16.4. The molecule has 0 radical (unpaired) electrons. The van der Waals surface area contributed by atoms with Gasteiger partial charge in [0.25, 0.3) is 5.91 Å². The lowest BCUT2D eigenvalue weighted by molar-refractivity contribution is 0.102. The van der Waals surface area contributed by atoms with Gasteiger partial charge in [-0.1, -0.05) is 53.8 Å². The van der Waals surface area contributed by atoms with Crippen LogP contribution in [-0.4, -0.2) is 21.1 Å². The van der Waals surface area contributed by atoms with Crippen molar-refractivity contribution in [3.63, 3.8) is 0 Å². The van der Waals surface area contributed by atoms with Crippen molar-refractivity contribution < 1.29 is 4.79 Å². The number of hydrogen-bond acceptors (Lipinski definition) is 5. The van der Waals surface area contributed by atoms with Gasteiger partial charge in [-0.05, 0) is 31.5 Å². The predicted octanol–water partition coefficient (Wildman–Crippen LogP) is 4.62. The fourth-order valence-electron chi connectivity index (χ4n) is 2.87. The van der Waals surface area contributed by atoms with Crippen molar-refractivity contribution in [1.29, 1.82) is 0 Å². The third-order valence-electron chi connectivity index (χ3n) is 4.13. The zero-order valence-corrected chi connectivity index (χ0v) is 15.2. The van der Waals surface area contributed by atoms with E-state index in [-0.39, 0.29) is 5.91 Å². The third-order valence-corrected chi connectivity index (χ3v) is 4.88. The van der Waals surface area contributed by atoms with Crippen LogP contribution in [-0.2, 0) is 0 Å². The van der Waals surface area contributed by atoms with Crippen LogP contribution in [0.1, 0.15) is 20.9 Å². The van der Waals surface area contributed by atoms with Crippen LogP contribution in [0.2, 0.25) is 0 Å². The number of aryl methyl sites for hydroxylation is 2. The van der Waals surface area contributed by atoms with Gasteiger partial charge in [0.2, 0.25) is 5.13 Å². The molecule has 0 aliphatic heterocycles. The molecule has 4 rings (SSSR count). The van der Waals surface area contributed by atoms with Crippen molar-refractivity contribution in [2.75, 3.05) is 5.32 Å². The van der Waals surface area contributed by atoms with Gasteiger partial charge in [-0.25, -0.2) is 4.98 Å². The van der Waals surface area contributed by atoms with Gasteiger partial charge in [0, 0.05) is 10.9 Å². The van der Waals surface area contributed by atoms with E-state index in [1.165, 1.54) is 11.3 Å². The second-order valence-corrected chi connectivity index (χ2v) is 7.15. The van der Waals surface area contributed by atoms with Crippen LogP contribution in [0, 0.1) is 13.8 Å². The second-order valence-electron chi connectivity index (χ2n) is 5.97. The van der Waals surface area contributed by atoms with E-state index in [0.717, 1.165) is 32.7 Å². The molecule has 1 N–H and O–H groups in total. The largest absolute Gasteiger partial charge is 0.296 e. The van der Waals surface area contributed by atoms with E-state index in [4.69, 9.17) is 4.98 Å². The Labute approximate surface area is 154 Å². The molecular weight excluding hydrogens is 344 g/mol. The molecule has 0 saturated carbocycles. The number of fused-ring (bicyclic) bond motifs is 1. The van der Waals surface area contributed by atoms with Crippen molar-refractivity contribution >= 4 is 33.3 Å². The average molecular weight is 360 g/mol. The summed E-state index contributed by atoms with van der Waals surface area (Å²) in [6.45, 7) is 3.89. The number of carbonyl (C=O) groups is 1. The highest BCUT2D eigenvalue weighted by Gasteiger charge is 2.16. The first-order chi connectivity index (χ1) is 12.6. The fraction of sp³-hybridized carbons (Fsp3) is 0.100. The maximum absolute atomic E-state index is 12.9. The molecule has 2 heterocycles. The zero-order chi connectivity index (χ0) is 18.1. The number of amides is 1. The van der Waals surface area contributed by atoms with Crippen molar-refractivity contribution in [3.05, 3.63) is 70.7 Å². The van der Waals surface area contributed by atoms with E-state index in [1.54, 1.807) is 0 Å². The molecule has 0 saturated heterocycles. The summed E-state index contributed by atoms with van der Waals surface area (Å²) in [7, 11) is 0. The molecular formula is C20H16N4OS. The zero-order valence-electron chi connectivity index (χ0n) is 14.4. The summed E-state index contributed by atoms with van der Waals surface area (Å²) in [6.07, 6.45) is 0. The summed E-state index contributed by atoms with van der Waals surface area (Å²) >= 11 is 1.35. The molecule has 128 valence electrons. The highest BCUT2D eigenvalue weighted by molar-refractivity contribution is 7.15. The standard InChI is InChI=1S/C20H16N4OS/c1-12-7-3-4-8-14(12)18-11-16(15-9-5-6-10-17(15)21-18)19(25)22-20-24-23-13(2)26-20/h3-11H,1-2H3,(H,22,24,25). The Morgan fingerprint density at radius 3 is 2.54 bits per heavy atom. The minimum atomic E-state index is -0.213. The van der Waals surface area contributed by atoms with Crippen molar-refractivity contribution in [2.24, 2.45) is 0 Å². The Bertz CT molecular complexity index is 1120. The lowest BCUT2D eigenvalue weighted by Gasteiger charge is -2.11. The molecule has 0 atom stereocenters. The maximum Gasteiger partial charge on any atom is 0.258 e. The summed E-state index contributed by atoms with van der Waals surface area (Å²) in [6, 6.07) is 17.5. The maximum atomic E-state index is 12.9. The summed E-state index contributed by atoms with van der Waals surface area (Å²) < 4.78 is 0. The van der Waals surface area contributed by atoms with Gasteiger partial charge in [-0.15, -0.1) is 10.2 Å². The van der Waals surface area contributed by atoms with Crippen molar-refractivity contribution in [2.45, 2.75) is 13.8 Å². The molecule has 4 aromatic rings. The molecule has 2 aromatic carbocycles. The monoisotopic (exact) mass is 360 g/mol. The molecule has 0 aliphatic carbocycles. The molecule has 5 nitrogen and oxygen atoms in total. The second kappa shape index (κ2) is 6.65. The number of aromatic nitrogens is 3. The number of carbonyl (C=O) groups excluding carboxylic acids is 1. The van der Waals surface area contributed by atoms with E-state index < -0.39 is 0 Å². The van der Waals surface area contributed by atoms with Crippen LogP contribution in [0.4, 0.5) is 5.13 Å². The van der Waals surface area contributed by atoms with E-state index >= 15 is 0 Å². The molecule has 0 spiro atoms. The molecule has 0 aliphatic rings. The number of anilines is 1. The third kappa shape index (κ3) is 3.07. The number of para-hydroxylation sites is 1. The van der Waals surface area contributed by atoms with Gasteiger partial charge in [-0.3, -0.25) is 10.1 Å². The number of rotatable bonds is 3. The number of hydrogen-bond donors (Lipinski definition) is 1. The quantitative estimate of drug-likeness (QED) is 0.579. The first-order valence-corrected chi connectivity index (χ1v) is 9.01. The van der Waals surface area contributed by atoms with E-state index in [2.05, 4.69) is 15.5 Å². The van der Waals surface area contributed by atoms with Crippen LogP contribution in [0.25, 0.3) is 22.2 Å². The Hall–Kier alpha value is -3.12. The summed E-state index contributed by atoms with van der Waals surface area (Å²) in [5.41, 5.74) is 4.26. The van der Waals surface area contributed by atoms with Gasteiger partial charge in [0.1, 0.15) is 5.01 Å². The summed E-state index contributed by atoms with van der Waals surface area (Å²) in [5.74, 6) is -0.213. The van der Waals surface area contributed by atoms with Gasteiger partial charge in [0.15, 0.2) is 0 Å². The van der Waals surface area contributed by atoms with Crippen LogP contribution < -0.4 is 5.32 Å². The molecule has 0 bridgehead atoms. The van der Waals surface area contributed by atoms with E-state index in [9.17, 15) is 4.79 Å². The number of nitrogens with one attached hydrogen (secondary N) is 1. The molecule has 2 aromatic heterocycles. The highest BCUT2D eigenvalue weighted by Crippen LogP contribution is 2.27. The van der Waals surface area contributed by atoms with Crippen LogP contribution in [0.3, 0.4) is 0 Å². The summed E-state index contributed by atoms with van der Waals surface area (Å²) in [4.78, 5) is 17.7. The van der Waals surface area contributed by atoms with Gasteiger partial charge < -0.3 is 0 Å². The topological polar surface area (TPSA) is 67.8 Å².